The Kier molecular flexibility index (Phi) is 5.65. The second-order valence-electron chi connectivity index (χ2n) is 7.07. The first kappa shape index (κ1) is 16.4. The van der Waals surface area contributed by atoms with Crippen LogP contribution in [-0.4, -0.2) is 29.9 Å². The predicted octanol–water partition coefficient (Wildman–Crippen LogP) is 3.49. The summed E-state index contributed by atoms with van der Waals surface area (Å²) in [6.07, 6.45) is 9.18. The molecule has 0 atom stereocenters. The van der Waals surface area contributed by atoms with E-state index in [0.717, 1.165) is 18.0 Å². The molecular formula is C19H27FN2O. The van der Waals surface area contributed by atoms with Crippen LogP contribution in [-0.2, 0) is 11.3 Å². The first-order valence-electron chi connectivity index (χ1n) is 8.96. The molecule has 2 aliphatic rings. The number of halogens is 1. The van der Waals surface area contributed by atoms with E-state index in [1.807, 2.05) is 0 Å². The molecule has 0 saturated heterocycles. The minimum absolute atomic E-state index is 0.0806. The summed E-state index contributed by atoms with van der Waals surface area (Å²) in [6.45, 7) is 2.05. The molecule has 0 spiro atoms. The van der Waals surface area contributed by atoms with E-state index in [-0.39, 0.29) is 11.7 Å². The Bertz CT molecular complexity index is 507. The molecule has 0 aromatic heterocycles. The number of carbonyl (C=O) groups is 1. The van der Waals surface area contributed by atoms with E-state index in [9.17, 15) is 9.18 Å². The van der Waals surface area contributed by atoms with Gasteiger partial charge in [0, 0.05) is 19.1 Å². The molecule has 126 valence electrons. The van der Waals surface area contributed by atoms with Crippen LogP contribution in [0.5, 0.6) is 0 Å². The number of benzene rings is 1. The summed E-state index contributed by atoms with van der Waals surface area (Å²) in [5.74, 6) is 0.610. The van der Waals surface area contributed by atoms with Gasteiger partial charge in [0.05, 0.1) is 6.54 Å². The van der Waals surface area contributed by atoms with Crippen LogP contribution in [0.25, 0.3) is 0 Å². The summed E-state index contributed by atoms with van der Waals surface area (Å²) in [6, 6.07) is 6.92. The third kappa shape index (κ3) is 5.31. The minimum Gasteiger partial charge on any atom is -0.351 e. The summed E-state index contributed by atoms with van der Waals surface area (Å²) in [4.78, 5) is 14.6. The summed E-state index contributed by atoms with van der Waals surface area (Å²) in [5.41, 5.74) is 0.935. The highest BCUT2D eigenvalue weighted by molar-refractivity contribution is 5.78. The maximum absolute atomic E-state index is 12.9. The monoisotopic (exact) mass is 318 g/mol. The molecule has 1 aromatic carbocycles. The zero-order chi connectivity index (χ0) is 16.1. The van der Waals surface area contributed by atoms with Gasteiger partial charge < -0.3 is 5.32 Å². The summed E-state index contributed by atoms with van der Waals surface area (Å²) >= 11 is 0. The van der Waals surface area contributed by atoms with Crippen LogP contribution in [0.4, 0.5) is 4.39 Å². The number of nitrogens with one attached hydrogen (secondary N) is 1. The number of amides is 1. The number of rotatable bonds is 7. The lowest BCUT2D eigenvalue weighted by atomic mass is 9.89. The van der Waals surface area contributed by atoms with Gasteiger partial charge in [-0.2, -0.15) is 0 Å². The van der Waals surface area contributed by atoms with Crippen LogP contribution in [0.1, 0.15) is 50.5 Å². The molecule has 4 heteroatoms. The Morgan fingerprint density at radius 2 is 1.78 bits per heavy atom. The molecule has 23 heavy (non-hydrogen) atoms. The minimum atomic E-state index is -0.243. The molecule has 0 aliphatic heterocycles. The topological polar surface area (TPSA) is 32.3 Å². The maximum atomic E-state index is 12.9. The van der Waals surface area contributed by atoms with E-state index >= 15 is 0 Å². The van der Waals surface area contributed by atoms with Crippen LogP contribution in [0.15, 0.2) is 24.3 Å². The molecule has 0 heterocycles. The van der Waals surface area contributed by atoms with Gasteiger partial charge in [0.15, 0.2) is 0 Å². The standard InChI is InChI=1S/C19H27FN2O/c20-17-8-6-15(7-9-17)12-21-19(23)14-22(18-10-11-18)13-16-4-2-1-3-5-16/h6-9,16,18H,1-5,10-14H2,(H,21,23). The van der Waals surface area contributed by atoms with Gasteiger partial charge in [-0.15, -0.1) is 0 Å². The molecule has 3 nitrogen and oxygen atoms in total. The molecule has 0 unspecified atom stereocenters. The van der Waals surface area contributed by atoms with Crippen LogP contribution in [0.3, 0.4) is 0 Å². The molecule has 3 rings (SSSR count). The van der Waals surface area contributed by atoms with Crippen molar-refractivity contribution in [2.75, 3.05) is 13.1 Å². The third-order valence-corrected chi connectivity index (χ3v) is 5.03. The van der Waals surface area contributed by atoms with Gasteiger partial charge in [0.2, 0.25) is 5.91 Å². The fourth-order valence-electron chi connectivity index (χ4n) is 3.53. The van der Waals surface area contributed by atoms with E-state index in [4.69, 9.17) is 0 Å². The predicted molar refractivity (Wildman–Crippen MR) is 89.4 cm³/mol. The number of carbonyl (C=O) groups excluding carboxylic acids is 1. The molecule has 0 bridgehead atoms. The van der Waals surface area contributed by atoms with Crippen molar-refractivity contribution in [1.29, 1.82) is 0 Å². The highest BCUT2D eigenvalue weighted by atomic mass is 19.1. The molecule has 1 amide bonds. The van der Waals surface area contributed by atoms with E-state index in [2.05, 4.69) is 10.2 Å². The van der Waals surface area contributed by atoms with E-state index in [1.165, 1.54) is 57.1 Å². The van der Waals surface area contributed by atoms with E-state index < -0.39 is 0 Å². The fourth-order valence-corrected chi connectivity index (χ4v) is 3.53. The Labute approximate surface area is 138 Å². The number of hydrogen-bond acceptors (Lipinski definition) is 2. The first-order valence-corrected chi connectivity index (χ1v) is 8.96. The molecule has 0 radical (unpaired) electrons. The molecule has 2 saturated carbocycles. The first-order chi connectivity index (χ1) is 11.2. The van der Waals surface area contributed by atoms with Crippen molar-refractivity contribution in [3.63, 3.8) is 0 Å². The average molecular weight is 318 g/mol. The van der Waals surface area contributed by atoms with Crippen molar-refractivity contribution in [2.24, 2.45) is 5.92 Å². The molecular weight excluding hydrogens is 291 g/mol. The highest BCUT2D eigenvalue weighted by Gasteiger charge is 2.32. The van der Waals surface area contributed by atoms with Crippen molar-refractivity contribution in [1.82, 2.24) is 10.2 Å². The summed E-state index contributed by atoms with van der Waals surface area (Å²) in [5, 5.41) is 2.97. The van der Waals surface area contributed by atoms with Gasteiger partial charge >= 0.3 is 0 Å². The van der Waals surface area contributed by atoms with Gasteiger partial charge in [-0.25, -0.2) is 4.39 Å². The zero-order valence-corrected chi connectivity index (χ0v) is 13.8. The second kappa shape index (κ2) is 7.91. The number of hydrogen-bond donors (Lipinski definition) is 1. The third-order valence-electron chi connectivity index (χ3n) is 5.03. The lowest BCUT2D eigenvalue weighted by Crippen LogP contribution is -2.41. The average Bonchev–Trinajstić information content (AvgIpc) is 3.40. The van der Waals surface area contributed by atoms with Crippen molar-refractivity contribution in [2.45, 2.75) is 57.5 Å². The Balaban J connectivity index is 1.45. The number of nitrogens with zero attached hydrogens (tertiary/aromatic N) is 1. The summed E-state index contributed by atoms with van der Waals surface area (Å²) in [7, 11) is 0. The van der Waals surface area contributed by atoms with Gasteiger partial charge in [-0.1, -0.05) is 31.4 Å². The van der Waals surface area contributed by atoms with Gasteiger partial charge in [0.1, 0.15) is 5.82 Å². The fraction of sp³-hybridized carbons (Fsp3) is 0.632. The van der Waals surface area contributed by atoms with Crippen LogP contribution < -0.4 is 5.32 Å². The second-order valence-corrected chi connectivity index (χ2v) is 7.07. The van der Waals surface area contributed by atoms with E-state index in [1.54, 1.807) is 12.1 Å². The van der Waals surface area contributed by atoms with Crippen LogP contribution >= 0.6 is 0 Å². The van der Waals surface area contributed by atoms with Crippen LogP contribution in [0, 0.1) is 11.7 Å². The smallest absolute Gasteiger partial charge is 0.234 e. The van der Waals surface area contributed by atoms with Crippen molar-refractivity contribution >= 4 is 5.91 Å². The Hall–Kier alpha value is -1.42. The van der Waals surface area contributed by atoms with Gasteiger partial charge in [-0.05, 0) is 49.3 Å². The SMILES string of the molecule is O=C(CN(CC1CCCCC1)C1CC1)NCc1ccc(F)cc1. The van der Waals surface area contributed by atoms with Crippen molar-refractivity contribution in [3.05, 3.63) is 35.6 Å². The van der Waals surface area contributed by atoms with Gasteiger partial charge in [0.25, 0.3) is 0 Å². The summed E-state index contributed by atoms with van der Waals surface area (Å²) < 4.78 is 12.9. The van der Waals surface area contributed by atoms with Crippen molar-refractivity contribution < 1.29 is 9.18 Å². The van der Waals surface area contributed by atoms with Crippen LogP contribution in [0.2, 0.25) is 0 Å². The molecule has 2 aliphatic carbocycles. The quantitative estimate of drug-likeness (QED) is 0.835. The van der Waals surface area contributed by atoms with Crippen molar-refractivity contribution in [3.8, 4) is 0 Å². The Morgan fingerprint density at radius 1 is 1.09 bits per heavy atom. The largest absolute Gasteiger partial charge is 0.351 e. The highest BCUT2D eigenvalue weighted by Crippen LogP contribution is 2.31. The van der Waals surface area contributed by atoms with Gasteiger partial charge in [-0.3, -0.25) is 9.69 Å². The molecule has 2 fully saturated rings. The van der Waals surface area contributed by atoms with E-state index in [0.29, 0.717) is 19.1 Å². The lowest BCUT2D eigenvalue weighted by Gasteiger charge is -2.29. The normalized spacial score (nSPS) is 19.0. The molecule has 1 aromatic rings. The lowest BCUT2D eigenvalue weighted by molar-refractivity contribution is -0.122. The maximum Gasteiger partial charge on any atom is 0.234 e. The molecule has 1 N–H and O–H groups in total. The zero-order valence-electron chi connectivity index (χ0n) is 13.8. The Morgan fingerprint density at radius 3 is 2.43 bits per heavy atom.